The number of hydrogen-bond acceptors (Lipinski definition) is 3. The molecule has 1 amide bonds. The predicted molar refractivity (Wildman–Crippen MR) is 78.0 cm³/mol. The Morgan fingerprint density at radius 3 is 2.95 bits per heavy atom. The van der Waals surface area contributed by atoms with Crippen molar-refractivity contribution in [3.05, 3.63) is 35.6 Å². The Hall–Kier alpha value is -1.95. The average molecular weight is 309 g/mol. The number of benzene rings is 1. The lowest BCUT2D eigenvalue weighted by Gasteiger charge is -2.33. The number of carboxylic acid groups (broad SMARTS) is 1. The number of carbonyl (C=O) groups excluding carboxylic acids is 1. The first-order chi connectivity index (χ1) is 10.5. The number of aliphatic carboxylic acids is 1. The summed E-state index contributed by atoms with van der Waals surface area (Å²) in [5.74, 6) is -1.41. The standard InChI is InChI=1S/C16H20FNO4/c1-11(12-3-2-4-13(17)8-12)7-15(19)18-5-6-22-14(10-18)9-16(20)21/h2-4,8,11,14H,5-7,9-10H2,1H3,(H,20,21)/t11-,14+/m0/s1. The van der Waals surface area contributed by atoms with Crippen molar-refractivity contribution in [1.29, 1.82) is 0 Å². The van der Waals surface area contributed by atoms with E-state index in [0.29, 0.717) is 19.7 Å². The summed E-state index contributed by atoms with van der Waals surface area (Å²) >= 11 is 0. The summed E-state index contributed by atoms with van der Waals surface area (Å²) in [5.41, 5.74) is 0.781. The molecule has 0 aliphatic carbocycles. The molecule has 0 aromatic heterocycles. The highest BCUT2D eigenvalue weighted by Crippen LogP contribution is 2.21. The molecular formula is C16H20FNO4. The number of nitrogens with zero attached hydrogens (tertiary/aromatic N) is 1. The molecule has 1 aromatic carbocycles. The Balaban J connectivity index is 1.92. The zero-order chi connectivity index (χ0) is 16.1. The molecular weight excluding hydrogens is 289 g/mol. The first-order valence-electron chi connectivity index (χ1n) is 7.32. The van der Waals surface area contributed by atoms with Gasteiger partial charge in [-0.3, -0.25) is 9.59 Å². The summed E-state index contributed by atoms with van der Waals surface area (Å²) < 4.78 is 18.6. The van der Waals surface area contributed by atoms with Gasteiger partial charge in [0, 0.05) is 19.5 Å². The average Bonchev–Trinajstić information content (AvgIpc) is 2.46. The fraction of sp³-hybridized carbons (Fsp3) is 0.500. The first-order valence-corrected chi connectivity index (χ1v) is 7.32. The third-order valence-electron chi connectivity index (χ3n) is 3.79. The van der Waals surface area contributed by atoms with Gasteiger partial charge in [0.25, 0.3) is 0 Å². The van der Waals surface area contributed by atoms with Gasteiger partial charge in [-0.25, -0.2) is 4.39 Å². The Bertz CT molecular complexity index is 549. The van der Waals surface area contributed by atoms with Gasteiger partial charge in [-0.1, -0.05) is 19.1 Å². The van der Waals surface area contributed by atoms with Crippen LogP contribution >= 0.6 is 0 Å². The highest BCUT2D eigenvalue weighted by atomic mass is 19.1. The molecule has 120 valence electrons. The molecule has 0 bridgehead atoms. The quantitative estimate of drug-likeness (QED) is 0.903. The highest BCUT2D eigenvalue weighted by molar-refractivity contribution is 5.77. The summed E-state index contributed by atoms with van der Waals surface area (Å²) in [6.07, 6.45) is -0.299. The van der Waals surface area contributed by atoms with Crippen LogP contribution in [0.4, 0.5) is 4.39 Å². The van der Waals surface area contributed by atoms with Crippen LogP contribution in [0.5, 0.6) is 0 Å². The van der Waals surface area contributed by atoms with E-state index in [1.807, 2.05) is 6.92 Å². The summed E-state index contributed by atoms with van der Waals surface area (Å²) in [6, 6.07) is 6.23. The van der Waals surface area contributed by atoms with Crippen molar-refractivity contribution in [3.63, 3.8) is 0 Å². The van der Waals surface area contributed by atoms with E-state index in [4.69, 9.17) is 9.84 Å². The van der Waals surface area contributed by atoms with Crippen LogP contribution in [0, 0.1) is 5.82 Å². The number of halogens is 1. The van der Waals surface area contributed by atoms with Crippen LogP contribution in [0.3, 0.4) is 0 Å². The lowest BCUT2D eigenvalue weighted by molar-refractivity contribution is -0.147. The number of carboxylic acids is 1. The molecule has 2 rings (SSSR count). The van der Waals surface area contributed by atoms with Crippen LogP contribution in [0.1, 0.15) is 31.2 Å². The van der Waals surface area contributed by atoms with Gasteiger partial charge in [0.1, 0.15) is 5.82 Å². The molecule has 5 nitrogen and oxygen atoms in total. The van der Waals surface area contributed by atoms with E-state index in [-0.39, 0.29) is 30.5 Å². The topological polar surface area (TPSA) is 66.8 Å². The van der Waals surface area contributed by atoms with Gasteiger partial charge in [0.05, 0.1) is 19.1 Å². The van der Waals surface area contributed by atoms with Crippen molar-refractivity contribution in [1.82, 2.24) is 4.90 Å². The minimum absolute atomic E-state index is 0.0598. The lowest BCUT2D eigenvalue weighted by atomic mass is 9.97. The second-order valence-electron chi connectivity index (χ2n) is 5.59. The summed E-state index contributed by atoms with van der Waals surface area (Å²) in [6.45, 7) is 2.98. The smallest absolute Gasteiger partial charge is 0.306 e. The lowest BCUT2D eigenvalue weighted by Crippen LogP contribution is -2.46. The van der Waals surface area contributed by atoms with Crippen LogP contribution in [-0.4, -0.2) is 47.7 Å². The Morgan fingerprint density at radius 1 is 1.50 bits per heavy atom. The largest absolute Gasteiger partial charge is 0.481 e. The van der Waals surface area contributed by atoms with Gasteiger partial charge in [0.2, 0.25) is 5.91 Å². The van der Waals surface area contributed by atoms with Crippen molar-refractivity contribution in [2.75, 3.05) is 19.7 Å². The molecule has 1 fully saturated rings. The second-order valence-corrected chi connectivity index (χ2v) is 5.59. The molecule has 0 saturated carbocycles. The van der Waals surface area contributed by atoms with Gasteiger partial charge in [-0.05, 0) is 23.6 Å². The minimum Gasteiger partial charge on any atom is -0.481 e. The zero-order valence-corrected chi connectivity index (χ0v) is 12.5. The van der Waals surface area contributed by atoms with Gasteiger partial charge >= 0.3 is 5.97 Å². The minimum atomic E-state index is -0.938. The predicted octanol–water partition coefficient (Wildman–Crippen LogP) is 2.02. The van der Waals surface area contributed by atoms with Crippen LogP contribution in [0.2, 0.25) is 0 Å². The van der Waals surface area contributed by atoms with Crippen LogP contribution in [0.25, 0.3) is 0 Å². The van der Waals surface area contributed by atoms with Crippen molar-refractivity contribution in [3.8, 4) is 0 Å². The van der Waals surface area contributed by atoms with E-state index in [0.717, 1.165) is 5.56 Å². The van der Waals surface area contributed by atoms with Gasteiger partial charge in [-0.2, -0.15) is 0 Å². The van der Waals surface area contributed by atoms with E-state index in [1.54, 1.807) is 17.0 Å². The number of rotatable bonds is 5. The van der Waals surface area contributed by atoms with E-state index in [2.05, 4.69) is 0 Å². The maximum absolute atomic E-state index is 13.2. The maximum atomic E-state index is 13.2. The maximum Gasteiger partial charge on any atom is 0.306 e. The Morgan fingerprint density at radius 2 is 2.27 bits per heavy atom. The fourth-order valence-corrected chi connectivity index (χ4v) is 2.59. The Labute approximate surface area is 128 Å². The fourth-order valence-electron chi connectivity index (χ4n) is 2.59. The summed E-state index contributed by atoms with van der Waals surface area (Å²) in [4.78, 5) is 24.7. The number of amides is 1. The van der Waals surface area contributed by atoms with E-state index in [9.17, 15) is 14.0 Å². The van der Waals surface area contributed by atoms with Crippen LogP contribution < -0.4 is 0 Å². The number of carbonyl (C=O) groups is 2. The zero-order valence-electron chi connectivity index (χ0n) is 12.5. The SMILES string of the molecule is C[C@@H](CC(=O)N1CCO[C@H](CC(=O)O)C1)c1cccc(F)c1. The number of hydrogen-bond donors (Lipinski definition) is 1. The van der Waals surface area contributed by atoms with Crippen molar-refractivity contribution >= 4 is 11.9 Å². The molecule has 1 heterocycles. The molecule has 0 radical (unpaired) electrons. The molecule has 0 spiro atoms. The number of ether oxygens (including phenoxy) is 1. The summed E-state index contributed by atoms with van der Waals surface area (Å²) in [5, 5.41) is 8.79. The van der Waals surface area contributed by atoms with Gasteiger partial charge < -0.3 is 14.7 Å². The van der Waals surface area contributed by atoms with Crippen LogP contribution in [-0.2, 0) is 14.3 Å². The molecule has 1 N–H and O–H groups in total. The Kier molecular flexibility index (Phi) is 5.49. The van der Waals surface area contributed by atoms with E-state index >= 15 is 0 Å². The molecule has 1 saturated heterocycles. The molecule has 2 atom stereocenters. The van der Waals surface area contributed by atoms with Crippen molar-refractivity contribution in [2.24, 2.45) is 0 Å². The van der Waals surface area contributed by atoms with E-state index in [1.165, 1.54) is 12.1 Å². The van der Waals surface area contributed by atoms with Crippen molar-refractivity contribution < 1.29 is 23.8 Å². The summed E-state index contributed by atoms with van der Waals surface area (Å²) in [7, 11) is 0. The normalized spacial score (nSPS) is 19.7. The first kappa shape index (κ1) is 16.4. The molecule has 1 aliphatic rings. The van der Waals surface area contributed by atoms with Crippen LogP contribution in [0.15, 0.2) is 24.3 Å². The molecule has 1 aromatic rings. The molecule has 0 unspecified atom stereocenters. The third kappa shape index (κ3) is 4.53. The molecule has 22 heavy (non-hydrogen) atoms. The highest BCUT2D eigenvalue weighted by Gasteiger charge is 2.26. The van der Waals surface area contributed by atoms with Crippen molar-refractivity contribution in [2.45, 2.75) is 31.8 Å². The second kappa shape index (κ2) is 7.35. The molecule has 1 aliphatic heterocycles. The van der Waals surface area contributed by atoms with E-state index < -0.39 is 12.1 Å². The monoisotopic (exact) mass is 309 g/mol. The molecule has 6 heteroatoms. The third-order valence-corrected chi connectivity index (χ3v) is 3.79. The number of morpholine rings is 1. The van der Waals surface area contributed by atoms with Gasteiger partial charge in [-0.15, -0.1) is 0 Å². The van der Waals surface area contributed by atoms with Gasteiger partial charge in [0.15, 0.2) is 0 Å².